The largest absolute Gasteiger partial charge is 0.332 e. The van der Waals surface area contributed by atoms with Crippen LogP contribution in [0.25, 0.3) is 22.6 Å². The predicted molar refractivity (Wildman–Crippen MR) is 67.3 cm³/mol. The van der Waals surface area contributed by atoms with Gasteiger partial charge >= 0.3 is 5.69 Å². The van der Waals surface area contributed by atoms with Crippen LogP contribution in [0.4, 0.5) is 8.78 Å². The molecule has 2 heterocycles. The van der Waals surface area contributed by atoms with Crippen molar-refractivity contribution in [1.82, 2.24) is 19.5 Å². The van der Waals surface area contributed by atoms with Gasteiger partial charge in [-0.1, -0.05) is 0 Å². The lowest BCUT2D eigenvalue weighted by Gasteiger charge is -1.97. The summed E-state index contributed by atoms with van der Waals surface area (Å²) >= 11 is 0. The van der Waals surface area contributed by atoms with E-state index in [2.05, 4.69) is 15.0 Å². The smallest absolute Gasteiger partial charge is 0.329 e. The van der Waals surface area contributed by atoms with Gasteiger partial charge in [0.2, 0.25) is 0 Å². The van der Waals surface area contributed by atoms with Crippen molar-refractivity contribution in [2.75, 3.05) is 0 Å². The monoisotopic (exact) mass is 278 g/mol. The molecule has 0 spiro atoms. The summed E-state index contributed by atoms with van der Waals surface area (Å²) < 4.78 is 27.2. The Morgan fingerprint density at radius 1 is 1.15 bits per heavy atom. The maximum atomic E-state index is 13.2. The highest BCUT2D eigenvalue weighted by atomic mass is 19.2. The van der Waals surface area contributed by atoms with E-state index < -0.39 is 22.9 Å². The third-order valence-corrected chi connectivity index (χ3v) is 2.95. The maximum absolute atomic E-state index is 13.2. The first-order chi connectivity index (χ1) is 9.47. The van der Waals surface area contributed by atoms with Crippen LogP contribution in [0.15, 0.2) is 27.8 Å². The molecule has 0 atom stereocenters. The number of aromatic amines is 2. The summed E-state index contributed by atoms with van der Waals surface area (Å²) in [6.07, 6.45) is 0. The summed E-state index contributed by atoms with van der Waals surface area (Å²) in [5.41, 5.74) is -0.729. The Balaban J connectivity index is 2.31. The topological polar surface area (TPSA) is 83.5 Å². The Hall–Kier alpha value is -2.77. The van der Waals surface area contributed by atoms with Gasteiger partial charge in [-0.3, -0.25) is 14.3 Å². The minimum absolute atomic E-state index is 0.0897. The molecule has 6 nitrogen and oxygen atoms in total. The van der Waals surface area contributed by atoms with Crippen LogP contribution in [0.1, 0.15) is 0 Å². The molecule has 0 aliphatic carbocycles. The molecule has 0 aliphatic heterocycles. The van der Waals surface area contributed by atoms with Crippen molar-refractivity contribution >= 4 is 11.2 Å². The predicted octanol–water partition coefficient (Wildman–Crippen LogP) is 0.895. The summed E-state index contributed by atoms with van der Waals surface area (Å²) in [6, 6.07) is 3.24. The Morgan fingerprint density at radius 2 is 1.90 bits per heavy atom. The van der Waals surface area contributed by atoms with E-state index in [1.54, 1.807) is 0 Å². The van der Waals surface area contributed by atoms with Crippen LogP contribution >= 0.6 is 0 Å². The van der Waals surface area contributed by atoms with Crippen LogP contribution in [-0.4, -0.2) is 19.5 Å². The zero-order valence-electron chi connectivity index (χ0n) is 10.2. The Kier molecular flexibility index (Phi) is 2.53. The van der Waals surface area contributed by atoms with Gasteiger partial charge in [0.05, 0.1) is 0 Å². The van der Waals surface area contributed by atoms with Crippen molar-refractivity contribution < 1.29 is 8.78 Å². The number of imidazole rings is 1. The second kappa shape index (κ2) is 4.12. The number of nitrogens with one attached hydrogen (secondary N) is 2. The number of hydrogen-bond donors (Lipinski definition) is 2. The van der Waals surface area contributed by atoms with Crippen LogP contribution < -0.4 is 11.2 Å². The van der Waals surface area contributed by atoms with Gasteiger partial charge < -0.3 is 4.98 Å². The summed E-state index contributed by atoms with van der Waals surface area (Å²) in [4.78, 5) is 32.0. The number of nitrogens with zero attached hydrogens (tertiary/aromatic N) is 2. The maximum Gasteiger partial charge on any atom is 0.329 e. The molecule has 0 saturated carbocycles. The average Bonchev–Trinajstić information content (AvgIpc) is 2.85. The van der Waals surface area contributed by atoms with Gasteiger partial charge in [0.25, 0.3) is 5.56 Å². The fourth-order valence-corrected chi connectivity index (χ4v) is 1.88. The molecule has 0 saturated heterocycles. The number of benzene rings is 1. The molecule has 2 aromatic heterocycles. The molecule has 0 fully saturated rings. The van der Waals surface area contributed by atoms with Gasteiger partial charge in [0.15, 0.2) is 17.3 Å². The lowest BCUT2D eigenvalue weighted by Crippen LogP contribution is -2.28. The van der Waals surface area contributed by atoms with Gasteiger partial charge in [0, 0.05) is 12.6 Å². The standard InChI is InChI=1S/C12H8F2N4O2/c1-18-10-8(11(19)17-12(18)20)15-9(16-10)5-2-3-6(13)7(14)4-5/h2-4H,1H3,(H,15,16)(H,17,19,20). The fourth-order valence-electron chi connectivity index (χ4n) is 1.88. The van der Waals surface area contributed by atoms with Crippen LogP contribution in [0.3, 0.4) is 0 Å². The van der Waals surface area contributed by atoms with Crippen molar-refractivity contribution in [2.24, 2.45) is 7.05 Å². The fraction of sp³-hybridized carbons (Fsp3) is 0.0833. The summed E-state index contributed by atoms with van der Waals surface area (Å²) in [6.45, 7) is 0. The van der Waals surface area contributed by atoms with E-state index in [0.717, 1.165) is 16.7 Å². The lowest BCUT2D eigenvalue weighted by molar-refractivity contribution is 0.509. The number of H-pyrrole nitrogens is 2. The second-order valence-corrected chi connectivity index (χ2v) is 4.23. The van der Waals surface area contributed by atoms with Gasteiger partial charge in [-0.2, -0.15) is 0 Å². The first-order valence-corrected chi connectivity index (χ1v) is 5.62. The Morgan fingerprint density at radius 3 is 2.60 bits per heavy atom. The van der Waals surface area contributed by atoms with Gasteiger partial charge in [0.1, 0.15) is 11.3 Å². The van der Waals surface area contributed by atoms with E-state index in [-0.39, 0.29) is 22.6 Å². The molecule has 3 rings (SSSR count). The summed E-state index contributed by atoms with van der Waals surface area (Å²) in [7, 11) is 1.44. The summed E-state index contributed by atoms with van der Waals surface area (Å²) in [5, 5.41) is 0. The molecule has 0 amide bonds. The van der Waals surface area contributed by atoms with Crippen molar-refractivity contribution in [2.45, 2.75) is 0 Å². The van der Waals surface area contributed by atoms with E-state index >= 15 is 0 Å². The Labute approximate surface area is 109 Å². The Bertz CT molecular complexity index is 939. The zero-order chi connectivity index (χ0) is 14.4. The zero-order valence-corrected chi connectivity index (χ0v) is 10.2. The third-order valence-electron chi connectivity index (χ3n) is 2.95. The third kappa shape index (κ3) is 1.73. The number of rotatable bonds is 1. The molecular formula is C12H8F2N4O2. The SMILES string of the molecule is Cn1c(=O)[nH]c(=O)c2[nH]c(-c3ccc(F)c(F)c3)nc21. The molecular weight excluding hydrogens is 270 g/mol. The van der Waals surface area contributed by atoms with Crippen molar-refractivity contribution in [3.63, 3.8) is 0 Å². The quantitative estimate of drug-likeness (QED) is 0.693. The molecule has 0 radical (unpaired) electrons. The van der Waals surface area contributed by atoms with E-state index in [4.69, 9.17) is 0 Å². The first-order valence-electron chi connectivity index (χ1n) is 5.62. The molecule has 20 heavy (non-hydrogen) atoms. The highest BCUT2D eigenvalue weighted by Gasteiger charge is 2.13. The molecule has 102 valence electrons. The van der Waals surface area contributed by atoms with E-state index in [9.17, 15) is 18.4 Å². The molecule has 3 aromatic rings. The van der Waals surface area contributed by atoms with Gasteiger partial charge in [-0.15, -0.1) is 0 Å². The van der Waals surface area contributed by atoms with Crippen LogP contribution in [-0.2, 0) is 7.05 Å². The van der Waals surface area contributed by atoms with Gasteiger partial charge in [-0.25, -0.2) is 18.6 Å². The van der Waals surface area contributed by atoms with E-state index in [0.29, 0.717) is 0 Å². The van der Waals surface area contributed by atoms with E-state index in [1.807, 2.05) is 0 Å². The lowest BCUT2D eigenvalue weighted by atomic mass is 10.2. The number of halogens is 2. The normalized spacial score (nSPS) is 11.2. The van der Waals surface area contributed by atoms with Crippen molar-refractivity contribution in [3.05, 3.63) is 50.7 Å². The highest BCUT2D eigenvalue weighted by molar-refractivity contribution is 5.75. The molecule has 0 aliphatic rings. The van der Waals surface area contributed by atoms with Crippen LogP contribution in [0.5, 0.6) is 0 Å². The second-order valence-electron chi connectivity index (χ2n) is 4.23. The molecule has 0 bridgehead atoms. The number of hydrogen-bond acceptors (Lipinski definition) is 3. The van der Waals surface area contributed by atoms with Crippen LogP contribution in [0, 0.1) is 11.6 Å². The minimum atomic E-state index is -1.02. The van der Waals surface area contributed by atoms with Gasteiger partial charge in [-0.05, 0) is 18.2 Å². The molecule has 1 aromatic carbocycles. The van der Waals surface area contributed by atoms with Crippen molar-refractivity contribution in [3.8, 4) is 11.4 Å². The highest BCUT2D eigenvalue weighted by Crippen LogP contribution is 2.20. The van der Waals surface area contributed by atoms with E-state index in [1.165, 1.54) is 13.1 Å². The molecule has 0 unspecified atom stereocenters. The summed E-state index contributed by atoms with van der Waals surface area (Å²) in [5.74, 6) is -1.83. The minimum Gasteiger partial charge on any atom is -0.332 e. The van der Waals surface area contributed by atoms with Crippen LogP contribution in [0.2, 0.25) is 0 Å². The first kappa shape index (κ1) is 12.3. The number of aryl methyl sites for hydroxylation is 1. The number of aromatic nitrogens is 4. The molecule has 8 heteroatoms. The number of fused-ring (bicyclic) bond motifs is 1. The molecule has 2 N–H and O–H groups in total. The van der Waals surface area contributed by atoms with Crippen molar-refractivity contribution in [1.29, 1.82) is 0 Å². The average molecular weight is 278 g/mol.